The van der Waals surface area contributed by atoms with Gasteiger partial charge in [-0.15, -0.1) is 0 Å². The van der Waals surface area contributed by atoms with Crippen molar-refractivity contribution < 1.29 is 14.3 Å². The molecule has 138 valence electrons. The Morgan fingerprint density at radius 3 is 2.16 bits per heavy atom. The zero-order chi connectivity index (χ0) is 18.7. The highest BCUT2D eigenvalue weighted by molar-refractivity contribution is 6.35. The Morgan fingerprint density at radius 1 is 1.04 bits per heavy atom. The summed E-state index contributed by atoms with van der Waals surface area (Å²) < 4.78 is 10.9. The first-order valence-corrected chi connectivity index (χ1v) is 9.23. The van der Waals surface area contributed by atoms with Crippen molar-refractivity contribution in [1.82, 2.24) is 0 Å². The standard InChI is InChI=1S/C19H25Cl2NO3/c1-4-6-8-24-18(10-14(3)19(23)25-9-7-5-2)22-17-12-15(20)11-16(21)13-17/h11-13H,3-10H2,1-2H3. The molecule has 0 aliphatic carbocycles. The van der Waals surface area contributed by atoms with Crippen molar-refractivity contribution >= 4 is 40.8 Å². The van der Waals surface area contributed by atoms with Crippen LogP contribution in [-0.4, -0.2) is 25.1 Å². The maximum atomic E-state index is 12.0. The van der Waals surface area contributed by atoms with Crippen molar-refractivity contribution in [2.24, 2.45) is 4.99 Å². The smallest absolute Gasteiger partial charge is 0.333 e. The van der Waals surface area contributed by atoms with Gasteiger partial charge in [-0.25, -0.2) is 9.79 Å². The van der Waals surface area contributed by atoms with Crippen LogP contribution in [0.3, 0.4) is 0 Å². The largest absolute Gasteiger partial charge is 0.480 e. The Bertz CT molecular complexity index is 594. The van der Waals surface area contributed by atoms with Gasteiger partial charge in [0.2, 0.25) is 0 Å². The zero-order valence-electron chi connectivity index (χ0n) is 14.8. The van der Waals surface area contributed by atoms with Gasteiger partial charge in [-0.3, -0.25) is 0 Å². The van der Waals surface area contributed by atoms with E-state index in [1.807, 2.05) is 6.92 Å². The van der Waals surface area contributed by atoms with Gasteiger partial charge in [-0.2, -0.15) is 0 Å². The third-order valence-corrected chi connectivity index (χ3v) is 3.69. The molecule has 1 rings (SSSR count). The van der Waals surface area contributed by atoms with E-state index in [1.165, 1.54) is 0 Å². The molecule has 4 nitrogen and oxygen atoms in total. The van der Waals surface area contributed by atoms with Crippen LogP contribution in [0.2, 0.25) is 10.0 Å². The number of benzene rings is 1. The Balaban J connectivity index is 2.83. The lowest BCUT2D eigenvalue weighted by atomic mass is 10.2. The van der Waals surface area contributed by atoms with Crippen LogP contribution in [0, 0.1) is 0 Å². The summed E-state index contributed by atoms with van der Waals surface area (Å²) in [6, 6.07) is 4.99. The molecule has 0 radical (unpaired) electrons. The fourth-order valence-electron chi connectivity index (χ4n) is 1.87. The van der Waals surface area contributed by atoms with Crippen LogP contribution < -0.4 is 0 Å². The summed E-state index contributed by atoms with van der Waals surface area (Å²) in [6.45, 7) is 8.80. The van der Waals surface area contributed by atoms with E-state index in [0.29, 0.717) is 40.4 Å². The summed E-state index contributed by atoms with van der Waals surface area (Å²) in [5.41, 5.74) is 0.871. The first-order valence-electron chi connectivity index (χ1n) is 8.47. The van der Waals surface area contributed by atoms with Crippen molar-refractivity contribution in [2.75, 3.05) is 13.2 Å². The van der Waals surface area contributed by atoms with Crippen LogP contribution in [0.15, 0.2) is 35.3 Å². The van der Waals surface area contributed by atoms with E-state index in [-0.39, 0.29) is 6.42 Å². The van der Waals surface area contributed by atoms with E-state index in [4.69, 9.17) is 32.7 Å². The normalized spacial score (nSPS) is 11.3. The van der Waals surface area contributed by atoms with Gasteiger partial charge in [0.1, 0.15) is 0 Å². The second-order valence-corrected chi connectivity index (χ2v) is 6.48. The summed E-state index contributed by atoms with van der Waals surface area (Å²) >= 11 is 12.0. The number of carbonyl (C=O) groups excluding carboxylic acids is 1. The van der Waals surface area contributed by atoms with Crippen LogP contribution in [0.1, 0.15) is 46.0 Å². The number of rotatable bonds is 10. The van der Waals surface area contributed by atoms with E-state index >= 15 is 0 Å². The molecule has 0 amide bonds. The predicted molar refractivity (Wildman–Crippen MR) is 104 cm³/mol. The van der Waals surface area contributed by atoms with Gasteiger partial charge in [-0.1, -0.05) is 56.5 Å². The molecule has 0 aliphatic rings. The summed E-state index contributed by atoms with van der Waals surface area (Å²) in [4.78, 5) is 16.4. The van der Waals surface area contributed by atoms with E-state index in [2.05, 4.69) is 18.5 Å². The van der Waals surface area contributed by atoms with Gasteiger partial charge in [0, 0.05) is 15.6 Å². The lowest BCUT2D eigenvalue weighted by Gasteiger charge is -2.11. The summed E-state index contributed by atoms with van der Waals surface area (Å²) in [6.07, 6.45) is 3.86. The third-order valence-electron chi connectivity index (χ3n) is 3.25. The molecule has 0 fully saturated rings. The molecule has 0 unspecified atom stereocenters. The molecule has 25 heavy (non-hydrogen) atoms. The van der Waals surface area contributed by atoms with Crippen LogP contribution in [0.4, 0.5) is 5.69 Å². The first-order chi connectivity index (χ1) is 12.0. The lowest BCUT2D eigenvalue weighted by Crippen LogP contribution is -2.14. The maximum Gasteiger partial charge on any atom is 0.333 e. The molecule has 0 N–H and O–H groups in total. The minimum absolute atomic E-state index is 0.179. The minimum Gasteiger partial charge on any atom is -0.480 e. The highest BCUT2D eigenvalue weighted by atomic mass is 35.5. The van der Waals surface area contributed by atoms with Crippen LogP contribution >= 0.6 is 23.2 Å². The number of hydrogen-bond acceptors (Lipinski definition) is 4. The Hall–Kier alpha value is -1.52. The highest BCUT2D eigenvalue weighted by Crippen LogP contribution is 2.25. The molecule has 0 atom stereocenters. The molecule has 0 aromatic heterocycles. The number of nitrogens with zero attached hydrogens (tertiary/aromatic N) is 1. The van der Waals surface area contributed by atoms with Gasteiger partial charge >= 0.3 is 5.97 Å². The summed E-state index contributed by atoms with van der Waals surface area (Å²) in [5.74, 6) is -0.0337. The van der Waals surface area contributed by atoms with Gasteiger partial charge in [0.25, 0.3) is 0 Å². The third kappa shape index (κ3) is 8.94. The Labute approximate surface area is 159 Å². The molecule has 1 aromatic carbocycles. The Morgan fingerprint density at radius 2 is 1.60 bits per heavy atom. The van der Waals surface area contributed by atoms with Gasteiger partial charge in [0.15, 0.2) is 5.90 Å². The number of aliphatic imine (C=N–C) groups is 1. The van der Waals surface area contributed by atoms with Crippen molar-refractivity contribution in [3.05, 3.63) is 40.4 Å². The highest BCUT2D eigenvalue weighted by Gasteiger charge is 2.13. The molecule has 0 heterocycles. The van der Waals surface area contributed by atoms with Gasteiger partial charge in [0.05, 0.1) is 25.3 Å². The Kier molecular flexibility index (Phi) is 10.3. The zero-order valence-corrected chi connectivity index (χ0v) is 16.3. The monoisotopic (exact) mass is 385 g/mol. The topological polar surface area (TPSA) is 47.9 Å². The number of unbranched alkanes of at least 4 members (excludes halogenated alkanes) is 2. The quantitative estimate of drug-likeness (QED) is 0.160. The summed E-state index contributed by atoms with van der Waals surface area (Å²) in [5, 5.41) is 0.967. The predicted octanol–water partition coefficient (Wildman–Crippen LogP) is 6.13. The maximum absolute atomic E-state index is 12.0. The van der Waals surface area contributed by atoms with Gasteiger partial charge in [-0.05, 0) is 31.0 Å². The number of ether oxygens (including phenoxy) is 2. The number of hydrogen-bond donors (Lipinski definition) is 0. The van der Waals surface area contributed by atoms with Crippen molar-refractivity contribution in [1.29, 1.82) is 0 Å². The van der Waals surface area contributed by atoms with Crippen molar-refractivity contribution in [2.45, 2.75) is 46.0 Å². The van der Waals surface area contributed by atoms with Crippen LogP contribution in [-0.2, 0) is 14.3 Å². The molecule has 1 aromatic rings. The molecular weight excluding hydrogens is 361 g/mol. The van der Waals surface area contributed by atoms with E-state index < -0.39 is 5.97 Å². The van der Waals surface area contributed by atoms with Crippen LogP contribution in [0.25, 0.3) is 0 Å². The average Bonchev–Trinajstić information content (AvgIpc) is 2.54. The lowest BCUT2D eigenvalue weighted by molar-refractivity contribution is -0.139. The first kappa shape index (κ1) is 21.5. The van der Waals surface area contributed by atoms with Crippen molar-refractivity contribution in [3.63, 3.8) is 0 Å². The van der Waals surface area contributed by atoms with E-state index in [9.17, 15) is 4.79 Å². The molecule has 0 spiro atoms. The average molecular weight is 386 g/mol. The number of esters is 1. The number of halogens is 2. The molecular formula is C19H25Cl2NO3. The SMILES string of the molecule is C=C(CC(=Nc1cc(Cl)cc(Cl)c1)OCCCC)C(=O)OCCCC. The van der Waals surface area contributed by atoms with Crippen LogP contribution in [0.5, 0.6) is 0 Å². The summed E-state index contributed by atoms with van der Waals surface area (Å²) in [7, 11) is 0. The fraction of sp³-hybridized carbons (Fsp3) is 0.474. The van der Waals surface area contributed by atoms with E-state index in [0.717, 1.165) is 25.7 Å². The number of carbonyl (C=O) groups is 1. The van der Waals surface area contributed by atoms with Crippen molar-refractivity contribution in [3.8, 4) is 0 Å². The fourth-order valence-corrected chi connectivity index (χ4v) is 2.39. The molecule has 6 heteroatoms. The minimum atomic E-state index is -0.427. The van der Waals surface area contributed by atoms with Gasteiger partial charge < -0.3 is 9.47 Å². The molecule has 0 saturated carbocycles. The molecule has 0 bridgehead atoms. The molecule has 0 aliphatic heterocycles. The second-order valence-electron chi connectivity index (χ2n) is 5.61. The second kappa shape index (κ2) is 11.9. The van der Waals surface area contributed by atoms with E-state index in [1.54, 1.807) is 18.2 Å². The molecule has 0 saturated heterocycles.